The Kier molecular flexibility index (Phi) is 72.3. The molecule has 2 unspecified atom stereocenters. The third kappa shape index (κ3) is 73.4. The van der Waals surface area contributed by atoms with E-state index in [0.29, 0.717) is 6.42 Å². The maximum atomic E-state index is 12.8. The molecule has 0 aliphatic carbocycles. The molecule has 9 nitrogen and oxygen atoms in total. The molecule has 3 N–H and O–H groups in total. The first kappa shape index (κ1) is 85.5. The average Bonchev–Trinajstić information content (AvgIpc) is 3.66. The minimum Gasteiger partial charge on any atom is -0.462 e. The molecule has 0 aromatic rings. The number of phosphoric ester groups is 1. The van der Waals surface area contributed by atoms with Crippen molar-refractivity contribution < 1.29 is 37.6 Å². The third-order valence-electron chi connectivity index (χ3n) is 17.8. The number of allylic oxidation sites excluding steroid dienone is 4. The molecule has 0 saturated heterocycles. The van der Waals surface area contributed by atoms with Crippen LogP contribution in [-0.4, -0.2) is 49.3 Å². The maximum Gasteiger partial charge on any atom is 0.472 e. The van der Waals surface area contributed by atoms with E-state index in [-0.39, 0.29) is 38.6 Å². The van der Waals surface area contributed by atoms with Gasteiger partial charge in [-0.15, -0.1) is 0 Å². The summed E-state index contributed by atoms with van der Waals surface area (Å²) in [4.78, 5) is 35.4. The van der Waals surface area contributed by atoms with Crippen LogP contribution >= 0.6 is 7.82 Å². The Morgan fingerprint density at radius 2 is 0.598 bits per heavy atom. The van der Waals surface area contributed by atoms with Crippen LogP contribution in [-0.2, 0) is 32.7 Å². The zero-order valence-electron chi connectivity index (χ0n) is 58.3. The zero-order chi connectivity index (χ0) is 63.0. The highest BCUT2D eigenvalue weighted by atomic mass is 31.2. The molecular weight excluding hydrogens is 1100 g/mol. The molecule has 0 amide bonds. The minimum atomic E-state index is -4.39. The van der Waals surface area contributed by atoms with Crippen molar-refractivity contribution in [3.63, 3.8) is 0 Å². The fourth-order valence-corrected chi connectivity index (χ4v) is 12.9. The predicted molar refractivity (Wildman–Crippen MR) is 377 cm³/mol. The molecule has 0 rings (SSSR count). The standard InChI is InChI=1S/C77H150NO8P/c1-3-5-7-9-11-13-15-17-19-21-23-25-27-29-31-33-35-36-37-38-40-41-43-45-47-49-51-53-55-57-59-61-63-65-67-69-76(79)83-73-75(74-85-87(81,82)84-72-71-78)86-77(80)70-68-66-64-62-60-58-56-54-52-50-48-46-44-42-39-34-32-30-28-26-24-22-20-18-16-14-12-10-8-6-4-2/h16,18,22,24,75H,3-15,17,19-21,23,25-74,78H2,1-2H3,(H,81,82)/b18-16-,24-22-. The van der Waals surface area contributed by atoms with Crippen molar-refractivity contribution in [2.24, 2.45) is 5.73 Å². The van der Waals surface area contributed by atoms with Gasteiger partial charge in [-0.3, -0.25) is 18.6 Å². The molecule has 0 aromatic carbocycles. The molecule has 0 bridgehead atoms. The molecule has 0 spiro atoms. The zero-order valence-corrected chi connectivity index (χ0v) is 59.2. The second-order valence-corrected chi connectivity index (χ2v) is 28.0. The highest BCUT2D eigenvalue weighted by Gasteiger charge is 2.26. The quantitative estimate of drug-likeness (QED) is 0.0264. The van der Waals surface area contributed by atoms with E-state index in [1.807, 2.05) is 0 Å². The van der Waals surface area contributed by atoms with Gasteiger partial charge in [0.1, 0.15) is 6.61 Å². The van der Waals surface area contributed by atoms with Gasteiger partial charge in [0.25, 0.3) is 0 Å². The summed E-state index contributed by atoms with van der Waals surface area (Å²) in [5, 5.41) is 0. The van der Waals surface area contributed by atoms with Crippen molar-refractivity contribution in [2.75, 3.05) is 26.4 Å². The molecule has 87 heavy (non-hydrogen) atoms. The van der Waals surface area contributed by atoms with Crippen molar-refractivity contribution in [3.05, 3.63) is 24.3 Å². The van der Waals surface area contributed by atoms with Crippen LogP contribution in [0.2, 0.25) is 0 Å². The van der Waals surface area contributed by atoms with Crippen LogP contribution in [0.1, 0.15) is 425 Å². The van der Waals surface area contributed by atoms with Crippen molar-refractivity contribution >= 4 is 19.8 Å². The van der Waals surface area contributed by atoms with E-state index in [0.717, 1.165) is 38.5 Å². The average molecular weight is 1250 g/mol. The highest BCUT2D eigenvalue weighted by Crippen LogP contribution is 2.43. The van der Waals surface area contributed by atoms with Gasteiger partial charge in [-0.2, -0.15) is 0 Å². The lowest BCUT2D eigenvalue weighted by atomic mass is 10.0. The SMILES string of the molecule is CCCCCCC/C=C\C/C=C\CCCCCCCCCCCCCCCCCCCCCC(=O)OC(COC(=O)CCCCCCCCCCCCCCCCCCCCCCCCCCCCCCCCCCCCC)COP(=O)(O)OCCN. The molecule has 0 aromatic heterocycles. The number of hydrogen-bond donors (Lipinski definition) is 2. The van der Waals surface area contributed by atoms with Gasteiger partial charge in [0.2, 0.25) is 0 Å². The third-order valence-corrected chi connectivity index (χ3v) is 18.8. The number of rotatable bonds is 75. The highest BCUT2D eigenvalue weighted by molar-refractivity contribution is 7.47. The van der Waals surface area contributed by atoms with Gasteiger partial charge in [0.15, 0.2) is 6.10 Å². The molecule has 0 saturated carbocycles. The van der Waals surface area contributed by atoms with E-state index in [1.165, 1.54) is 353 Å². The molecule has 10 heteroatoms. The Balaban J connectivity index is 3.75. The lowest BCUT2D eigenvalue weighted by Crippen LogP contribution is -2.29. The number of phosphoric acid groups is 1. The van der Waals surface area contributed by atoms with Crippen LogP contribution in [0.5, 0.6) is 0 Å². The Labute approximate surface area is 542 Å². The molecular formula is C77H150NO8P. The second kappa shape index (κ2) is 73.5. The van der Waals surface area contributed by atoms with E-state index in [1.54, 1.807) is 0 Å². The minimum absolute atomic E-state index is 0.0571. The van der Waals surface area contributed by atoms with Crippen LogP contribution < -0.4 is 5.73 Å². The Morgan fingerprint density at radius 1 is 0.345 bits per heavy atom. The number of carbonyl (C=O) groups excluding carboxylic acids is 2. The van der Waals surface area contributed by atoms with Gasteiger partial charge in [-0.25, -0.2) is 4.57 Å². The molecule has 0 fully saturated rings. The number of esters is 2. The Hall–Kier alpha value is -1.51. The molecule has 0 radical (unpaired) electrons. The first-order chi connectivity index (χ1) is 42.8. The summed E-state index contributed by atoms with van der Waals surface area (Å²) in [5.74, 6) is -0.800. The fraction of sp³-hybridized carbons (Fsp3) is 0.922. The normalized spacial score (nSPS) is 12.9. The van der Waals surface area contributed by atoms with E-state index in [4.69, 9.17) is 24.3 Å². The van der Waals surface area contributed by atoms with Crippen LogP contribution in [0, 0.1) is 0 Å². The van der Waals surface area contributed by atoms with E-state index >= 15 is 0 Å². The van der Waals surface area contributed by atoms with Gasteiger partial charge in [-0.05, 0) is 44.9 Å². The molecule has 2 atom stereocenters. The van der Waals surface area contributed by atoms with E-state index in [2.05, 4.69) is 38.2 Å². The van der Waals surface area contributed by atoms with E-state index < -0.39 is 26.5 Å². The largest absolute Gasteiger partial charge is 0.472 e. The summed E-state index contributed by atoms with van der Waals surface area (Å²) in [6.07, 6.45) is 91.7. The Morgan fingerprint density at radius 3 is 0.874 bits per heavy atom. The fourth-order valence-electron chi connectivity index (χ4n) is 12.1. The van der Waals surface area contributed by atoms with Crippen LogP contribution in [0.25, 0.3) is 0 Å². The van der Waals surface area contributed by atoms with Crippen LogP contribution in [0.15, 0.2) is 24.3 Å². The lowest BCUT2D eigenvalue weighted by molar-refractivity contribution is -0.161. The van der Waals surface area contributed by atoms with Crippen molar-refractivity contribution in [1.82, 2.24) is 0 Å². The van der Waals surface area contributed by atoms with Gasteiger partial charge in [0, 0.05) is 19.4 Å². The summed E-state index contributed by atoms with van der Waals surface area (Å²) in [7, 11) is -4.39. The molecule has 516 valence electrons. The topological polar surface area (TPSA) is 134 Å². The van der Waals surface area contributed by atoms with Gasteiger partial charge < -0.3 is 20.1 Å². The second-order valence-electron chi connectivity index (χ2n) is 26.6. The maximum absolute atomic E-state index is 12.8. The predicted octanol–water partition coefficient (Wildman–Crippen LogP) is 25.7. The monoisotopic (exact) mass is 1250 g/mol. The smallest absolute Gasteiger partial charge is 0.462 e. The number of unbranched alkanes of at least 4 members (excludes halogenated alkanes) is 58. The first-order valence-electron chi connectivity index (χ1n) is 38.8. The van der Waals surface area contributed by atoms with Crippen molar-refractivity contribution in [1.29, 1.82) is 0 Å². The lowest BCUT2D eigenvalue weighted by Gasteiger charge is -2.19. The van der Waals surface area contributed by atoms with Gasteiger partial charge in [0.05, 0.1) is 13.2 Å². The molecule has 0 heterocycles. The molecule has 0 aliphatic heterocycles. The summed E-state index contributed by atoms with van der Waals surface area (Å²) in [6.45, 7) is 3.83. The van der Waals surface area contributed by atoms with Gasteiger partial charge >= 0.3 is 19.8 Å². The van der Waals surface area contributed by atoms with Crippen molar-refractivity contribution in [2.45, 2.75) is 431 Å². The van der Waals surface area contributed by atoms with Gasteiger partial charge in [-0.1, -0.05) is 391 Å². The first-order valence-corrected chi connectivity index (χ1v) is 40.3. The molecule has 0 aliphatic rings. The van der Waals surface area contributed by atoms with Crippen LogP contribution in [0.4, 0.5) is 0 Å². The summed E-state index contributed by atoms with van der Waals surface area (Å²) in [6, 6.07) is 0. The Bertz CT molecular complexity index is 1470. The van der Waals surface area contributed by atoms with E-state index in [9.17, 15) is 19.0 Å². The summed E-state index contributed by atoms with van der Waals surface area (Å²) in [5.41, 5.74) is 5.41. The number of nitrogens with two attached hydrogens (primary N) is 1. The number of ether oxygens (including phenoxy) is 2. The van der Waals surface area contributed by atoms with Crippen LogP contribution in [0.3, 0.4) is 0 Å². The number of hydrogen-bond acceptors (Lipinski definition) is 8. The summed E-state index contributed by atoms with van der Waals surface area (Å²) >= 11 is 0. The summed E-state index contributed by atoms with van der Waals surface area (Å²) < 4.78 is 33.3. The van der Waals surface area contributed by atoms with Crippen molar-refractivity contribution in [3.8, 4) is 0 Å². The number of carbonyl (C=O) groups is 2.